The van der Waals surface area contributed by atoms with Crippen LogP contribution in [0.4, 0.5) is 0 Å². The second-order valence-electron chi connectivity index (χ2n) is 7.18. The van der Waals surface area contributed by atoms with Crippen LogP contribution >= 0.6 is 0 Å². The summed E-state index contributed by atoms with van der Waals surface area (Å²) in [7, 11) is 1.58. The van der Waals surface area contributed by atoms with Crippen LogP contribution in [0.25, 0.3) is 17.0 Å². The maximum atomic E-state index is 6.13. The summed E-state index contributed by atoms with van der Waals surface area (Å²) >= 11 is 0. The molecule has 0 fully saturated rings. The van der Waals surface area contributed by atoms with Gasteiger partial charge in [0, 0.05) is 31.5 Å². The molecule has 0 spiro atoms. The van der Waals surface area contributed by atoms with Crippen LogP contribution in [-0.4, -0.2) is 26.7 Å². The van der Waals surface area contributed by atoms with Gasteiger partial charge in [-0.15, -0.1) is 28.8 Å². The summed E-state index contributed by atoms with van der Waals surface area (Å²) in [5, 5.41) is 4.68. The standard InChI is InChI=1S/C27H24N4O2/c1-3-4-5-6-7-8-10-14-21-19-24-27(33-22-15-11-9-12-16-22)29-26(30-31(24)20-21)23-17-13-18-25(28-23)32-2/h9,11-13,15-20H,5-6,10,14H2,1-2H3. The average Bonchev–Trinajstić information content (AvgIpc) is 3.27. The summed E-state index contributed by atoms with van der Waals surface area (Å²) in [6.45, 7) is 1.85. The highest BCUT2D eigenvalue weighted by Crippen LogP contribution is 2.28. The van der Waals surface area contributed by atoms with Gasteiger partial charge in [-0.05, 0) is 43.2 Å². The highest BCUT2D eigenvalue weighted by Gasteiger charge is 2.15. The fraction of sp³-hybridized carbons (Fsp3) is 0.222. The van der Waals surface area contributed by atoms with Gasteiger partial charge in [0.2, 0.25) is 17.6 Å². The second kappa shape index (κ2) is 10.8. The SMILES string of the molecule is CC#CCCC#CCCc1cc2c(Oc3ccccc3)nc(-c3cccc(OC)n3)nn2c1. The molecule has 1 aromatic carbocycles. The molecule has 0 radical (unpaired) electrons. The Morgan fingerprint density at radius 3 is 2.55 bits per heavy atom. The van der Waals surface area contributed by atoms with Crippen molar-refractivity contribution in [1.29, 1.82) is 0 Å². The molecule has 4 rings (SSSR count). The van der Waals surface area contributed by atoms with Crippen LogP contribution in [-0.2, 0) is 6.42 Å². The number of methoxy groups -OCH3 is 1. The Hall–Kier alpha value is -4.29. The number of fused-ring (bicyclic) bond motifs is 1. The first kappa shape index (κ1) is 21.9. The van der Waals surface area contributed by atoms with Crippen molar-refractivity contribution in [3.8, 4) is 52.7 Å². The van der Waals surface area contributed by atoms with Gasteiger partial charge >= 0.3 is 0 Å². The monoisotopic (exact) mass is 436 g/mol. The molecule has 164 valence electrons. The summed E-state index contributed by atoms with van der Waals surface area (Å²) in [5.41, 5.74) is 2.50. The van der Waals surface area contributed by atoms with Gasteiger partial charge in [-0.3, -0.25) is 0 Å². The smallest absolute Gasteiger partial charge is 0.247 e. The molecule has 0 amide bonds. The predicted octanol–water partition coefficient (Wildman–Crippen LogP) is 5.33. The van der Waals surface area contributed by atoms with Gasteiger partial charge in [0.1, 0.15) is 17.0 Å². The van der Waals surface area contributed by atoms with Gasteiger partial charge in [-0.2, -0.15) is 4.98 Å². The van der Waals surface area contributed by atoms with Crippen molar-refractivity contribution in [1.82, 2.24) is 19.6 Å². The van der Waals surface area contributed by atoms with E-state index in [1.807, 2.05) is 61.7 Å². The van der Waals surface area contributed by atoms with E-state index in [1.54, 1.807) is 17.7 Å². The minimum atomic E-state index is 0.450. The molecule has 0 saturated carbocycles. The molecule has 3 heterocycles. The van der Waals surface area contributed by atoms with Crippen LogP contribution in [0.5, 0.6) is 17.5 Å². The molecule has 6 nitrogen and oxygen atoms in total. The van der Waals surface area contributed by atoms with E-state index >= 15 is 0 Å². The maximum absolute atomic E-state index is 6.13. The van der Waals surface area contributed by atoms with Crippen molar-refractivity contribution in [2.75, 3.05) is 7.11 Å². The van der Waals surface area contributed by atoms with Crippen LogP contribution in [0.1, 0.15) is 31.7 Å². The zero-order valence-electron chi connectivity index (χ0n) is 18.7. The average molecular weight is 437 g/mol. The van der Waals surface area contributed by atoms with E-state index in [0.29, 0.717) is 29.0 Å². The molecule has 4 aromatic rings. The molecular formula is C27H24N4O2. The number of hydrogen-bond acceptors (Lipinski definition) is 5. The number of ether oxygens (including phenoxy) is 2. The van der Waals surface area contributed by atoms with Gasteiger partial charge < -0.3 is 9.47 Å². The van der Waals surface area contributed by atoms with Crippen LogP contribution in [0, 0.1) is 23.7 Å². The predicted molar refractivity (Wildman–Crippen MR) is 128 cm³/mol. The fourth-order valence-electron chi connectivity index (χ4n) is 3.23. The summed E-state index contributed by atoms with van der Waals surface area (Å²) in [6, 6.07) is 17.1. The number of para-hydroxylation sites is 1. The van der Waals surface area contributed by atoms with E-state index in [1.165, 1.54) is 0 Å². The maximum Gasteiger partial charge on any atom is 0.247 e. The zero-order valence-corrected chi connectivity index (χ0v) is 18.7. The van der Waals surface area contributed by atoms with Gasteiger partial charge in [-0.1, -0.05) is 24.3 Å². The van der Waals surface area contributed by atoms with E-state index < -0.39 is 0 Å². The minimum Gasteiger partial charge on any atom is -0.481 e. The molecule has 0 unspecified atom stereocenters. The van der Waals surface area contributed by atoms with Crippen LogP contribution < -0.4 is 9.47 Å². The van der Waals surface area contributed by atoms with Gasteiger partial charge in [0.25, 0.3) is 0 Å². The number of nitrogens with zero attached hydrogens (tertiary/aromatic N) is 4. The summed E-state index contributed by atoms with van der Waals surface area (Å²) < 4.78 is 13.2. The molecule has 6 heteroatoms. The van der Waals surface area contributed by atoms with E-state index in [0.717, 1.165) is 36.8 Å². The Balaban J connectivity index is 1.65. The van der Waals surface area contributed by atoms with Crippen molar-refractivity contribution < 1.29 is 9.47 Å². The second-order valence-corrected chi connectivity index (χ2v) is 7.18. The minimum absolute atomic E-state index is 0.450. The van der Waals surface area contributed by atoms with Crippen LogP contribution in [0.2, 0.25) is 0 Å². The quantitative estimate of drug-likeness (QED) is 0.289. The van der Waals surface area contributed by atoms with Crippen molar-refractivity contribution in [2.24, 2.45) is 0 Å². The lowest BCUT2D eigenvalue weighted by atomic mass is 10.2. The van der Waals surface area contributed by atoms with Crippen LogP contribution in [0.3, 0.4) is 0 Å². The van der Waals surface area contributed by atoms with Crippen molar-refractivity contribution >= 4 is 5.52 Å². The Bertz CT molecular complexity index is 1360. The number of benzene rings is 1. The third kappa shape index (κ3) is 5.70. The Kier molecular flexibility index (Phi) is 7.20. The number of hydrogen-bond donors (Lipinski definition) is 0. The highest BCUT2D eigenvalue weighted by molar-refractivity contribution is 5.62. The topological polar surface area (TPSA) is 61.5 Å². The van der Waals surface area contributed by atoms with Crippen molar-refractivity contribution in [3.63, 3.8) is 0 Å². The van der Waals surface area contributed by atoms with Gasteiger partial charge in [0.15, 0.2) is 0 Å². The molecule has 0 atom stereocenters. The number of aryl methyl sites for hydroxylation is 1. The first-order valence-corrected chi connectivity index (χ1v) is 10.8. The van der Waals surface area contributed by atoms with Crippen molar-refractivity contribution in [3.05, 3.63) is 66.4 Å². The lowest BCUT2D eigenvalue weighted by Crippen LogP contribution is -2.02. The van der Waals surface area contributed by atoms with Gasteiger partial charge in [-0.25, -0.2) is 9.50 Å². The van der Waals surface area contributed by atoms with E-state index in [-0.39, 0.29) is 0 Å². The number of unbranched alkanes of at least 4 members (excludes halogenated alkanes) is 1. The molecule has 0 aliphatic heterocycles. The van der Waals surface area contributed by atoms with Gasteiger partial charge in [0.05, 0.1) is 7.11 Å². The zero-order chi connectivity index (χ0) is 22.9. The molecule has 33 heavy (non-hydrogen) atoms. The summed E-state index contributed by atoms with van der Waals surface area (Å²) in [4.78, 5) is 9.15. The summed E-state index contributed by atoms with van der Waals surface area (Å²) in [6.07, 6.45) is 5.19. The van der Waals surface area contributed by atoms with E-state index in [4.69, 9.17) is 9.47 Å². The number of pyridine rings is 1. The molecule has 0 aliphatic rings. The molecule has 0 bridgehead atoms. The van der Waals surface area contributed by atoms with E-state index in [9.17, 15) is 0 Å². The Morgan fingerprint density at radius 2 is 1.73 bits per heavy atom. The number of aromatic nitrogens is 4. The Morgan fingerprint density at radius 1 is 0.909 bits per heavy atom. The lowest BCUT2D eigenvalue weighted by molar-refractivity contribution is 0.398. The molecule has 0 saturated heterocycles. The third-order valence-corrected chi connectivity index (χ3v) is 4.82. The summed E-state index contributed by atoms with van der Waals surface area (Å²) in [5.74, 6) is 14.4. The molecule has 0 N–H and O–H groups in total. The molecular weight excluding hydrogens is 412 g/mol. The molecule has 0 aliphatic carbocycles. The lowest BCUT2D eigenvalue weighted by Gasteiger charge is -2.09. The molecule has 3 aromatic heterocycles. The highest BCUT2D eigenvalue weighted by atomic mass is 16.5. The Labute approximate surface area is 193 Å². The normalized spacial score (nSPS) is 10.1. The number of rotatable bonds is 7. The third-order valence-electron chi connectivity index (χ3n) is 4.82. The van der Waals surface area contributed by atoms with Crippen LogP contribution in [0.15, 0.2) is 60.8 Å². The van der Waals surface area contributed by atoms with E-state index in [2.05, 4.69) is 38.7 Å². The van der Waals surface area contributed by atoms with Crippen molar-refractivity contribution in [2.45, 2.75) is 32.6 Å². The fourth-order valence-corrected chi connectivity index (χ4v) is 3.23. The largest absolute Gasteiger partial charge is 0.481 e. The first-order chi connectivity index (χ1) is 16.3. The first-order valence-electron chi connectivity index (χ1n) is 10.8.